The fraction of sp³-hybridized carbons (Fsp3) is 0.714. The average Bonchev–Trinajstić information content (AvgIpc) is 2.93. The standard InChI is InChI=1S/C14H24N2O2S3/c1-11(2)15-10-13-14(5-8-20-13)21(17,18)16-9-12-3-6-19-7-4-12/h5,8,11-12,15-16H,3-4,6-7,9-10H2,1-2H3. The highest BCUT2D eigenvalue weighted by molar-refractivity contribution is 7.99. The van der Waals surface area contributed by atoms with Gasteiger partial charge in [-0.25, -0.2) is 13.1 Å². The summed E-state index contributed by atoms with van der Waals surface area (Å²) in [6.45, 7) is 5.28. The van der Waals surface area contributed by atoms with Crippen LogP contribution in [0.2, 0.25) is 0 Å². The highest BCUT2D eigenvalue weighted by atomic mass is 32.2. The SMILES string of the molecule is CC(C)NCc1sccc1S(=O)(=O)NCC1CCSCC1. The first-order valence-electron chi connectivity index (χ1n) is 7.36. The van der Waals surface area contributed by atoms with Crippen LogP contribution in [0.15, 0.2) is 16.3 Å². The molecule has 0 spiro atoms. The zero-order valence-electron chi connectivity index (χ0n) is 12.6. The van der Waals surface area contributed by atoms with E-state index < -0.39 is 10.0 Å². The molecule has 0 amide bonds. The molecule has 21 heavy (non-hydrogen) atoms. The van der Waals surface area contributed by atoms with Gasteiger partial charge in [-0.15, -0.1) is 11.3 Å². The van der Waals surface area contributed by atoms with Crippen molar-refractivity contribution in [2.24, 2.45) is 5.92 Å². The van der Waals surface area contributed by atoms with E-state index in [1.165, 1.54) is 11.3 Å². The molecule has 1 fully saturated rings. The Balaban J connectivity index is 1.96. The van der Waals surface area contributed by atoms with Gasteiger partial charge in [0.25, 0.3) is 0 Å². The third-order valence-electron chi connectivity index (χ3n) is 3.57. The van der Waals surface area contributed by atoms with Crippen LogP contribution >= 0.6 is 23.1 Å². The average molecular weight is 349 g/mol. The molecule has 0 aliphatic carbocycles. The van der Waals surface area contributed by atoms with Crippen LogP contribution in [0.3, 0.4) is 0 Å². The van der Waals surface area contributed by atoms with Crippen molar-refractivity contribution in [3.05, 3.63) is 16.3 Å². The van der Waals surface area contributed by atoms with E-state index in [2.05, 4.69) is 23.9 Å². The van der Waals surface area contributed by atoms with Crippen LogP contribution in [-0.4, -0.2) is 32.5 Å². The van der Waals surface area contributed by atoms with E-state index >= 15 is 0 Å². The Labute approximate surface area is 136 Å². The largest absolute Gasteiger partial charge is 0.310 e. The molecule has 2 heterocycles. The smallest absolute Gasteiger partial charge is 0.241 e. The van der Waals surface area contributed by atoms with E-state index in [-0.39, 0.29) is 0 Å². The summed E-state index contributed by atoms with van der Waals surface area (Å²) in [7, 11) is -3.38. The summed E-state index contributed by atoms with van der Waals surface area (Å²) in [5, 5.41) is 5.13. The van der Waals surface area contributed by atoms with E-state index in [4.69, 9.17) is 0 Å². The number of rotatable bonds is 7. The fourth-order valence-corrected chi connectivity index (χ4v) is 5.96. The second-order valence-electron chi connectivity index (χ2n) is 5.65. The molecule has 7 heteroatoms. The minimum atomic E-state index is -3.38. The van der Waals surface area contributed by atoms with Gasteiger partial charge in [0.15, 0.2) is 0 Å². The van der Waals surface area contributed by atoms with Crippen molar-refractivity contribution < 1.29 is 8.42 Å². The molecular weight excluding hydrogens is 324 g/mol. The van der Waals surface area contributed by atoms with Crippen LogP contribution in [0.1, 0.15) is 31.6 Å². The fourth-order valence-electron chi connectivity index (χ4n) is 2.25. The normalized spacial score (nSPS) is 17.5. The molecule has 2 N–H and O–H groups in total. The Morgan fingerprint density at radius 2 is 2.05 bits per heavy atom. The number of sulfonamides is 1. The van der Waals surface area contributed by atoms with Crippen molar-refractivity contribution >= 4 is 33.1 Å². The Kier molecular flexibility index (Phi) is 6.55. The highest BCUT2D eigenvalue weighted by Crippen LogP contribution is 2.24. The molecule has 120 valence electrons. The van der Waals surface area contributed by atoms with Gasteiger partial charge in [0, 0.05) is 24.0 Å². The van der Waals surface area contributed by atoms with Crippen molar-refractivity contribution in [2.45, 2.75) is 44.2 Å². The summed E-state index contributed by atoms with van der Waals surface area (Å²) >= 11 is 3.45. The zero-order valence-corrected chi connectivity index (χ0v) is 15.0. The van der Waals surface area contributed by atoms with Crippen LogP contribution in [0.4, 0.5) is 0 Å². The first-order valence-corrected chi connectivity index (χ1v) is 10.9. The van der Waals surface area contributed by atoms with Gasteiger partial charge < -0.3 is 5.32 Å². The van der Waals surface area contributed by atoms with Crippen LogP contribution in [0.25, 0.3) is 0 Å². The lowest BCUT2D eigenvalue weighted by Crippen LogP contribution is -2.31. The van der Waals surface area contributed by atoms with Crippen molar-refractivity contribution in [2.75, 3.05) is 18.1 Å². The van der Waals surface area contributed by atoms with E-state index in [0.717, 1.165) is 29.2 Å². The van der Waals surface area contributed by atoms with Gasteiger partial charge in [0.05, 0.1) is 4.90 Å². The van der Waals surface area contributed by atoms with Gasteiger partial charge >= 0.3 is 0 Å². The molecule has 1 saturated heterocycles. The number of thioether (sulfide) groups is 1. The lowest BCUT2D eigenvalue weighted by molar-refractivity contribution is 0.476. The molecule has 0 unspecified atom stereocenters. The summed E-state index contributed by atoms with van der Waals surface area (Å²) in [5.41, 5.74) is 0. The molecule has 1 aliphatic rings. The predicted octanol–water partition coefficient (Wildman–Crippen LogP) is 2.67. The van der Waals surface area contributed by atoms with Crippen molar-refractivity contribution in [1.29, 1.82) is 0 Å². The van der Waals surface area contributed by atoms with E-state index in [0.29, 0.717) is 29.9 Å². The molecule has 0 bridgehead atoms. The van der Waals surface area contributed by atoms with E-state index in [1.54, 1.807) is 6.07 Å². The van der Waals surface area contributed by atoms with E-state index in [9.17, 15) is 8.42 Å². The Hall–Kier alpha value is -0.0800. The van der Waals surface area contributed by atoms with Crippen LogP contribution < -0.4 is 10.0 Å². The third kappa shape index (κ3) is 5.25. The van der Waals surface area contributed by atoms with Crippen LogP contribution in [0.5, 0.6) is 0 Å². The van der Waals surface area contributed by atoms with Crippen molar-refractivity contribution in [3.8, 4) is 0 Å². The Morgan fingerprint density at radius 3 is 2.71 bits per heavy atom. The number of hydrogen-bond acceptors (Lipinski definition) is 5. The van der Waals surface area contributed by atoms with Gasteiger partial charge in [-0.2, -0.15) is 11.8 Å². The number of nitrogens with one attached hydrogen (secondary N) is 2. The lowest BCUT2D eigenvalue weighted by Gasteiger charge is -2.21. The van der Waals surface area contributed by atoms with Gasteiger partial charge in [0.1, 0.15) is 0 Å². The van der Waals surface area contributed by atoms with Gasteiger partial charge in [0.2, 0.25) is 10.0 Å². The second kappa shape index (κ2) is 7.97. The Bertz CT molecular complexity index is 534. The molecule has 1 aliphatic heterocycles. The maximum Gasteiger partial charge on any atom is 0.241 e. The minimum Gasteiger partial charge on any atom is -0.310 e. The molecule has 0 radical (unpaired) electrons. The summed E-state index contributed by atoms with van der Waals surface area (Å²) in [4.78, 5) is 1.32. The van der Waals surface area contributed by atoms with Gasteiger partial charge in [-0.3, -0.25) is 0 Å². The van der Waals surface area contributed by atoms with Gasteiger partial charge in [-0.05, 0) is 41.7 Å². The molecule has 1 aromatic rings. The zero-order chi connectivity index (χ0) is 15.3. The van der Waals surface area contributed by atoms with Crippen LogP contribution in [-0.2, 0) is 16.6 Å². The predicted molar refractivity (Wildman–Crippen MR) is 91.5 cm³/mol. The second-order valence-corrected chi connectivity index (χ2v) is 9.61. The highest BCUT2D eigenvalue weighted by Gasteiger charge is 2.22. The molecule has 2 rings (SSSR count). The van der Waals surface area contributed by atoms with Crippen molar-refractivity contribution in [1.82, 2.24) is 10.0 Å². The summed E-state index contributed by atoms with van der Waals surface area (Å²) < 4.78 is 27.7. The Morgan fingerprint density at radius 1 is 1.33 bits per heavy atom. The monoisotopic (exact) mass is 348 g/mol. The maximum atomic E-state index is 12.5. The maximum absolute atomic E-state index is 12.5. The first-order chi connectivity index (χ1) is 9.99. The topological polar surface area (TPSA) is 58.2 Å². The molecule has 1 aromatic heterocycles. The number of thiophene rings is 1. The molecule has 0 saturated carbocycles. The lowest BCUT2D eigenvalue weighted by atomic mass is 10.0. The summed E-state index contributed by atoms with van der Waals surface area (Å²) in [6.07, 6.45) is 2.22. The number of hydrogen-bond donors (Lipinski definition) is 2. The van der Waals surface area contributed by atoms with Crippen LogP contribution in [0, 0.1) is 5.92 Å². The third-order valence-corrected chi connectivity index (χ3v) is 7.17. The van der Waals surface area contributed by atoms with Gasteiger partial charge in [-0.1, -0.05) is 13.8 Å². The summed E-state index contributed by atoms with van der Waals surface area (Å²) in [5.74, 6) is 2.78. The first kappa shape index (κ1) is 17.3. The van der Waals surface area contributed by atoms with Crippen molar-refractivity contribution in [3.63, 3.8) is 0 Å². The molecule has 0 aromatic carbocycles. The quantitative estimate of drug-likeness (QED) is 0.795. The minimum absolute atomic E-state index is 0.343. The summed E-state index contributed by atoms with van der Waals surface area (Å²) in [6, 6.07) is 2.05. The van der Waals surface area contributed by atoms with E-state index in [1.807, 2.05) is 17.1 Å². The molecule has 4 nitrogen and oxygen atoms in total. The molecule has 0 atom stereocenters. The molecular formula is C14H24N2O2S3.